The van der Waals surface area contributed by atoms with Crippen LogP contribution in [-0.4, -0.2) is 51.4 Å². The van der Waals surface area contributed by atoms with Gasteiger partial charge in [-0.25, -0.2) is 13.2 Å². The predicted octanol–water partition coefficient (Wildman–Crippen LogP) is 3.49. The molecule has 10 heteroatoms. The molecule has 1 aromatic heterocycles. The van der Waals surface area contributed by atoms with E-state index < -0.39 is 27.9 Å². The molecule has 1 saturated heterocycles. The van der Waals surface area contributed by atoms with E-state index in [0.717, 1.165) is 4.70 Å². The maximum atomic E-state index is 13.2. The number of esters is 1. The lowest BCUT2D eigenvalue weighted by Gasteiger charge is -2.23. The second-order valence-corrected chi connectivity index (χ2v) is 10.2. The number of anilines is 1. The first-order valence-electron chi connectivity index (χ1n) is 9.93. The largest absolute Gasteiger partial charge is 0.497 e. The first kappa shape index (κ1) is 22.3. The molecular formula is C22H22N2O6S2. The van der Waals surface area contributed by atoms with Crippen molar-refractivity contribution in [1.29, 1.82) is 0 Å². The number of hydrogen-bond acceptors (Lipinski definition) is 7. The second kappa shape index (κ2) is 8.89. The number of fused-ring (bicyclic) bond motifs is 1. The van der Waals surface area contributed by atoms with Gasteiger partial charge in [-0.2, -0.15) is 4.31 Å². The summed E-state index contributed by atoms with van der Waals surface area (Å²) >= 11 is 1.25. The van der Waals surface area contributed by atoms with Crippen molar-refractivity contribution >= 4 is 48.3 Å². The molecule has 0 aliphatic carbocycles. The van der Waals surface area contributed by atoms with E-state index in [1.54, 1.807) is 24.3 Å². The Morgan fingerprint density at radius 2 is 1.81 bits per heavy atom. The molecule has 1 unspecified atom stereocenters. The number of hydrogen-bond donors (Lipinski definition) is 1. The fraction of sp³-hybridized carbons (Fsp3) is 0.273. The predicted molar refractivity (Wildman–Crippen MR) is 122 cm³/mol. The lowest BCUT2D eigenvalue weighted by Crippen LogP contribution is -2.43. The third-order valence-corrected chi connectivity index (χ3v) is 8.40. The van der Waals surface area contributed by atoms with E-state index in [9.17, 15) is 18.0 Å². The van der Waals surface area contributed by atoms with E-state index >= 15 is 0 Å². The van der Waals surface area contributed by atoms with E-state index in [1.807, 2.05) is 12.1 Å². The van der Waals surface area contributed by atoms with Gasteiger partial charge in [-0.3, -0.25) is 4.79 Å². The molecule has 1 aliphatic heterocycles. The minimum absolute atomic E-state index is 0.0927. The number of methoxy groups -OCH3 is 2. The van der Waals surface area contributed by atoms with Crippen molar-refractivity contribution in [3.63, 3.8) is 0 Å². The van der Waals surface area contributed by atoms with Gasteiger partial charge in [0.15, 0.2) is 0 Å². The highest BCUT2D eigenvalue weighted by Crippen LogP contribution is 2.37. The molecule has 1 fully saturated rings. The third-order valence-electron chi connectivity index (χ3n) is 5.39. The van der Waals surface area contributed by atoms with Gasteiger partial charge in [0.1, 0.15) is 22.4 Å². The first-order valence-corrected chi connectivity index (χ1v) is 12.2. The van der Waals surface area contributed by atoms with Gasteiger partial charge in [0, 0.05) is 16.6 Å². The quantitative estimate of drug-likeness (QED) is 0.549. The Morgan fingerprint density at radius 3 is 2.50 bits per heavy atom. The van der Waals surface area contributed by atoms with Gasteiger partial charge in [-0.05, 0) is 43.2 Å². The van der Waals surface area contributed by atoms with Crippen LogP contribution >= 0.6 is 11.3 Å². The van der Waals surface area contributed by atoms with Crippen LogP contribution in [0.25, 0.3) is 10.1 Å². The zero-order chi connectivity index (χ0) is 22.9. The smallest absolute Gasteiger partial charge is 0.341 e. The van der Waals surface area contributed by atoms with Crippen LogP contribution in [0.4, 0.5) is 5.00 Å². The van der Waals surface area contributed by atoms with Gasteiger partial charge >= 0.3 is 5.97 Å². The molecule has 4 rings (SSSR count). The molecule has 3 aromatic rings. The van der Waals surface area contributed by atoms with Crippen LogP contribution < -0.4 is 10.1 Å². The van der Waals surface area contributed by atoms with E-state index in [-0.39, 0.29) is 17.0 Å². The third kappa shape index (κ3) is 3.96. The molecule has 2 aromatic carbocycles. The summed E-state index contributed by atoms with van der Waals surface area (Å²) in [6, 6.07) is 12.4. The first-order chi connectivity index (χ1) is 15.4. The zero-order valence-corrected chi connectivity index (χ0v) is 19.2. The van der Waals surface area contributed by atoms with Crippen LogP contribution in [0.15, 0.2) is 53.4 Å². The minimum atomic E-state index is -3.88. The maximum absolute atomic E-state index is 13.2. The number of sulfonamides is 1. The summed E-state index contributed by atoms with van der Waals surface area (Å²) in [6.07, 6.45) is 0.948. The number of benzene rings is 2. The highest BCUT2D eigenvalue weighted by Gasteiger charge is 2.40. The Bertz CT molecular complexity index is 1270. The molecule has 0 spiro atoms. The SMILES string of the molecule is COC(=O)c1c(NC(=O)C2CCCN2S(=O)(=O)c2ccc(OC)cc2)sc2ccccc12. The van der Waals surface area contributed by atoms with Crippen molar-refractivity contribution in [3.05, 3.63) is 54.1 Å². The van der Waals surface area contributed by atoms with Crippen LogP contribution in [0.5, 0.6) is 5.75 Å². The number of carbonyl (C=O) groups is 2. The molecule has 32 heavy (non-hydrogen) atoms. The van der Waals surface area contributed by atoms with Gasteiger partial charge < -0.3 is 14.8 Å². The number of nitrogens with one attached hydrogen (secondary N) is 1. The van der Waals surface area contributed by atoms with Crippen LogP contribution in [-0.2, 0) is 19.6 Å². The Morgan fingerprint density at radius 1 is 1.09 bits per heavy atom. The Balaban J connectivity index is 1.63. The van der Waals surface area contributed by atoms with Crippen molar-refractivity contribution in [2.75, 3.05) is 26.1 Å². The summed E-state index contributed by atoms with van der Waals surface area (Å²) in [5.74, 6) is -0.497. The average molecular weight is 475 g/mol. The van der Waals surface area contributed by atoms with E-state index in [0.29, 0.717) is 29.0 Å². The van der Waals surface area contributed by atoms with Crippen LogP contribution in [0.1, 0.15) is 23.2 Å². The lowest BCUT2D eigenvalue weighted by atomic mass is 10.1. The molecule has 0 saturated carbocycles. The Labute approximate surface area is 189 Å². The second-order valence-electron chi connectivity index (χ2n) is 7.23. The molecule has 1 N–H and O–H groups in total. The average Bonchev–Trinajstić information content (AvgIpc) is 3.44. The van der Waals surface area contributed by atoms with Gasteiger partial charge in [-0.15, -0.1) is 11.3 Å². The molecule has 8 nitrogen and oxygen atoms in total. The molecule has 1 aliphatic rings. The summed E-state index contributed by atoms with van der Waals surface area (Å²) in [4.78, 5) is 25.6. The monoisotopic (exact) mass is 474 g/mol. The van der Waals surface area contributed by atoms with Gasteiger partial charge in [0.25, 0.3) is 0 Å². The number of amides is 1. The molecule has 1 atom stereocenters. The Kier molecular flexibility index (Phi) is 6.18. The lowest BCUT2D eigenvalue weighted by molar-refractivity contribution is -0.119. The fourth-order valence-electron chi connectivity index (χ4n) is 3.81. The summed E-state index contributed by atoms with van der Waals surface area (Å²) < 4.78 is 38.4. The number of rotatable bonds is 6. The molecular weight excluding hydrogens is 452 g/mol. The molecule has 168 valence electrons. The summed E-state index contributed by atoms with van der Waals surface area (Å²) in [5, 5.41) is 3.80. The van der Waals surface area contributed by atoms with Crippen molar-refractivity contribution in [2.45, 2.75) is 23.8 Å². The number of nitrogens with zero attached hydrogens (tertiary/aromatic N) is 1. The van der Waals surface area contributed by atoms with Gasteiger partial charge in [-0.1, -0.05) is 18.2 Å². The van der Waals surface area contributed by atoms with Crippen LogP contribution in [0.3, 0.4) is 0 Å². The molecule has 0 radical (unpaired) electrons. The Hall–Kier alpha value is -2.95. The van der Waals surface area contributed by atoms with Crippen molar-refractivity contribution < 1.29 is 27.5 Å². The highest BCUT2D eigenvalue weighted by atomic mass is 32.2. The number of carbonyl (C=O) groups excluding carboxylic acids is 2. The minimum Gasteiger partial charge on any atom is -0.497 e. The van der Waals surface area contributed by atoms with Gasteiger partial charge in [0.05, 0.1) is 19.1 Å². The molecule has 1 amide bonds. The van der Waals surface area contributed by atoms with Crippen LogP contribution in [0.2, 0.25) is 0 Å². The standard InChI is InChI=1S/C22H22N2O6S2/c1-29-14-9-11-15(12-10-14)32(27,28)24-13-5-7-17(24)20(25)23-21-19(22(26)30-2)16-6-3-4-8-18(16)31-21/h3-4,6,8-12,17H,5,7,13H2,1-2H3,(H,23,25). The van der Waals surface area contributed by atoms with Crippen molar-refractivity contribution in [3.8, 4) is 5.75 Å². The van der Waals surface area contributed by atoms with E-state index in [2.05, 4.69) is 5.32 Å². The molecule has 0 bridgehead atoms. The molecule has 2 heterocycles. The maximum Gasteiger partial charge on any atom is 0.341 e. The topological polar surface area (TPSA) is 102 Å². The zero-order valence-electron chi connectivity index (χ0n) is 17.5. The summed E-state index contributed by atoms with van der Waals surface area (Å²) in [7, 11) is -1.10. The van der Waals surface area contributed by atoms with E-state index in [1.165, 1.54) is 42.0 Å². The van der Waals surface area contributed by atoms with E-state index in [4.69, 9.17) is 9.47 Å². The number of ether oxygens (including phenoxy) is 2. The van der Waals surface area contributed by atoms with Crippen LogP contribution in [0, 0.1) is 0 Å². The van der Waals surface area contributed by atoms with Crippen molar-refractivity contribution in [1.82, 2.24) is 4.31 Å². The fourth-order valence-corrected chi connectivity index (χ4v) is 6.56. The normalized spacial score (nSPS) is 16.8. The summed E-state index contributed by atoms with van der Waals surface area (Å²) in [6.45, 7) is 0.239. The summed E-state index contributed by atoms with van der Waals surface area (Å²) in [5.41, 5.74) is 0.268. The van der Waals surface area contributed by atoms with Gasteiger partial charge in [0.2, 0.25) is 15.9 Å². The van der Waals surface area contributed by atoms with Crippen molar-refractivity contribution in [2.24, 2.45) is 0 Å². The highest BCUT2D eigenvalue weighted by molar-refractivity contribution is 7.89. The number of thiophene rings is 1.